The minimum Gasteiger partial charge on any atom is -0.339 e. The van der Waals surface area contributed by atoms with Gasteiger partial charge in [0.1, 0.15) is 5.82 Å². The van der Waals surface area contributed by atoms with E-state index in [4.69, 9.17) is 5.21 Å². The number of hydrogen-bond donors (Lipinski definition) is 2. The Kier molecular flexibility index (Phi) is 6.34. The van der Waals surface area contributed by atoms with E-state index in [1.165, 1.54) is 23.7 Å². The Morgan fingerprint density at radius 3 is 2.18 bits per heavy atom. The number of benzene rings is 2. The van der Waals surface area contributed by atoms with Gasteiger partial charge in [-0.2, -0.15) is 0 Å². The van der Waals surface area contributed by atoms with Crippen LogP contribution in [0.3, 0.4) is 0 Å². The zero-order valence-electron chi connectivity index (χ0n) is 15.3. The zero-order valence-corrected chi connectivity index (χ0v) is 15.3. The van der Waals surface area contributed by atoms with Crippen molar-refractivity contribution < 1.29 is 19.2 Å². The summed E-state index contributed by atoms with van der Waals surface area (Å²) in [7, 11) is 0. The van der Waals surface area contributed by atoms with Gasteiger partial charge < -0.3 is 4.90 Å². The summed E-state index contributed by atoms with van der Waals surface area (Å²) in [5.74, 6) is -1.02. The molecule has 0 bridgehead atoms. The predicted octanol–water partition coefficient (Wildman–Crippen LogP) is 3.51. The van der Waals surface area contributed by atoms with Crippen LogP contribution in [-0.4, -0.2) is 35.0 Å². The fourth-order valence-electron chi connectivity index (χ4n) is 3.07. The molecule has 1 saturated heterocycles. The lowest BCUT2D eigenvalue weighted by atomic mass is 10.0. The van der Waals surface area contributed by atoms with E-state index in [0.717, 1.165) is 37.1 Å². The fraction of sp³-hybridized carbons (Fsp3) is 0.182. The highest BCUT2D eigenvalue weighted by molar-refractivity contribution is 6.24. The number of halogens is 1. The number of rotatable bonds is 5. The lowest BCUT2D eigenvalue weighted by Gasteiger charge is -2.18. The van der Waals surface area contributed by atoms with Crippen LogP contribution in [0.2, 0.25) is 0 Å². The van der Waals surface area contributed by atoms with Crippen LogP contribution in [0.1, 0.15) is 29.5 Å². The Hall–Kier alpha value is -3.25. The van der Waals surface area contributed by atoms with Gasteiger partial charge in [0.15, 0.2) is 0 Å². The van der Waals surface area contributed by atoms with Gasteiger partial charge in [-0.1, -0.05) is 36.4 Å². The molecule has 1 aliphatic rings. The fourth-order valence-corrected chi connectivity index (χ4v) is 3.07. The number of nitrogens with one attached hydrogen (secondary N) is 1. The molecule has 2 aromatic rings. The number of likely N-dealkylation sites (tertiary alicyclic amines) is 1. The smallest absolute Gasteiger partial charge is 0.267 e. The van der Waals surface area contributed by atoms with Crippen molar-refractivity contribution in [2.24, 2.45) is 0 Å². The molecule has 1 heterocycles. The summed E-state index contributed by atoms with van der Waals surface area (Å²) < 4.78 is 13.3. The Morgan fingerprint density at radius 2 is 1.57 bits per heavy atom. The molecule has 2 amide bonds. The van der Waals surface area contributed by atoms with Gasteiger partial charge in [0.05, 0.1) is 0 Å². The molecule has 144 valence electrons. The van der Waals surface area contributed by atoms with Crippen LogP contribution in [0.15, 0.2) is 54.6 Å². The topological polar surface area (TPSA) is 69.6 Å². The molecule has 28 heavy (non-hydrogen) atoms. The molecule has 2 N–H and O–H groups in total. The van der Waals surface area contributed by atoms with Crippen molar-refractivity contribution in [1.82, 2.24) is 10.4 Å². The Balaban J connectivity index is 1.89. The van der Waals surface area contributed by atoms with Crippen molar-refractivity contribution in [1.29, 1.82) is 0 Å². The highest BCUT2D eigenvalue weighted by Gasteiger charge is 2.22. The minimum atomic E-state index is -0.612. The van der Waals surface area contributed by atoms with Crippen LogP contribution >= 0.6 is 0 Å². The second-order valence-electron chi connectivity index (χ2n) is 6.54. The molecule has 1 aliphatic heterocycles. The third-order valence-corrected chi connectivity index (χ3v) is 4.56. The molecule has 0 atom stereocenters. The molecule has 0 radical (unpaired) electrons. The van der Waals surface area contributed by atoms with Gasteiger partial charge in [-0.15, -0.1) is 0 Å². The van der Waals surface area contributed by atoms with Crippen LogP contribution < -0.4 is 5.48 Å². The highest BCUT2D eigenvalue weighted by Crippen LogP contribution is 2.24. The molecule has 0 saturated carbocycles. The van der Waals surface area contributed by atoms with E-state index < -0.39 is 5.91 Å². The lowest BCUT2D eigenvalue weighted by molar-refractivity contribution is -0.124. The molecule has 0 spiro atoms. The van der Waals surface area contributed by atoms with Crippen molar-refractivity contribution in [3.8, 4) is 0 Å². The second-order valence-corrected chi connectivity index (χ2v) is 6.54. The number of carbonyl (C=O) groups excluding carboxylic acids is 2. The van der Waals surface area contributed by atoms with Crippen molar-refractivity contribution >= 4 is 29.5 Å². The van der Waals surface area contributed by atoms with Crippen molar-refractivity contribution in [3.63, 3.8) is 0 Å². The van der Waals surface area contributed by atoms with Crippen molar-refractivity contribution in [3.05, 3.63) is 77.1 Å². The first-order valence-corrected chi connectivity index (χ1v) is 9.06. The molecule has 3 rings (SSSR count). The third kappa shape index (κ3) is 4.92. The van der Waals surface area contributed by atoms with Gasteiger partial charge in [0, 0.05) is 24.7 Å². The van der Waals surface area contributed by atoms with Crippen LogP contribution in [0, 0.1) is 5.82 Å². The summed E-state index contributed by atoms with van der Waals surface area (Å²) in [5, 5.41) is 8.51. The number of nitrogens with zero attached hydrogens (tertiary/aromatic N) is 1. The molecular weight excluding hydrogens is 359 g/mol. The van der Waals surface area contributed by atoms with E-state index in [1.54, 1.807) is 36.4 Å². The van der Waals surface area contributed by atoms with Gasteiger partial charge in [-0.3, -0.25) is 14.8 Å². The molecule has 1 fully saturated rings. The monoisotopic (exact) mass is 380 g/mol. The number of hydrogen-bond acceptors (Lipinski definition) is 3. The summed E-state index contributed by atoms with van der Waals surface area (Å²) in [4.78, 5) is 25.9. The highest BCUT2D eigenvalue weighted by atomic mass is 19.1. The van der Waals surface area contributed by atoms with Crippen LogP contribution in [0.4, 0.5) is 4.39 Å². The van der Waals surface area contributed by atoms with Gasteiger partial charge in [0.2, 0.25) is 0 Å². The predicted molar refractivity (Wildman–Crippen MR) is 105 cm³/mol. The Labute approximate surface area is 162 Å². The second kappa shape index (κ2) is 9.10. The maximum absolute atomic E-state index is 13.3. The van der Waals surface area contributed by atoms with Gasteiger partial charge in [0.25, 0.3) is 11.8 Å². The number of hydroxylamine groups is 1. The summed E-state index contributed by atoms with van der Waals surface area (Å²) in [6.45, 7) is 1.46. The van der Waals surface area contributed by atoms with Crippen molar-refractivity contribution in [2.45, 2.75) is 12.8 Å². The molecule has 0 aliphatic carbocycles. The first kappa shape index (κ1) is 19.5. The number of carbonyl (C=O) groups is 2. The van der Waals surface area contributed by atoms with E-state index in [9.17, 15) is 14.0 Å². The van der Waals surface area contributed by atoms with E-state index in [-0.39, 0.29) is 11.7 Å². The quantitative estimate of drug-likeness (QED) is 0.361. The average molecular weight is 380 g/mol. The molecule has 0 unspecified atom stereocenters. The standard InChI is InChI=1S/C22H21FN2O3/c23-19-10-8-18(9-11-19)20(22(27)25-13-1-2-14-25)15-17-5-3-16(4-6-17)7-12-21(26)24-28/h3-12,15,28H,1-2,13-14H2,(H,24,26)/b12-7+,20-15?. The van der Waals surface area contributed by atoms with E-state index in [0.29, 0.717) is 11.1 Å². The zero-order chi connectivity index (χ0) is 19.9. The average Bonchev–Trinajstić information content (AvgIpc) is 3.26. The van der Waals surface area contributed by atoms with Gasteiger partial charge >= 0.3 is 0 Å². The van der Waals surface area contributed by atoms with Gasteiger partial charge in [-0.05, 0) is 53.8 Å². The number of amides is 2. The first-order chi connectivity index (χ1) is 13.6. The summed E-state index contributed by atoms with van der Waals surface area (Å²) in [6, 6.07) is 13.2. The first-order valence-electron chi connectivity index (χ1n) is 9.06. The van der Waals surface area contributed by atoms with E-state index in [1.807, 2.05) is 17.0 Å². The van der Waals surface area contributed by atoms with E-state index >= 15 is 0 Å². The van der Waals surface area contributed by atoms with Gasteiger partial charge in [-0.25, -0.2) is 9.87 Å². The normalized spacial score (nSPS) is 14.5. The summed E-state index contributed by atoms with van der Waals surface area (Å²) in [5.41, 5.74) is 4.31. The van der Waals surface area contributed by atoms with E-state index in [2.05, 4.69) is 0 Å². The summed E-state index contributed by atoms with van der Waals surface area (Å²) in [6.07, 6.45) is 6.55. The molecule has 2 aromatic carbocycles. The molecular formula is C22H21FN2O3. The molecule has 0 aromatic heterocycles. The minimum absolute atomic E-state index is 0.0623. The summed E-state index contributed by atoms with van der Waals surface area (Å²) >= 11 is 0. The Morgan fingerprint density at radius 1 is 0.964 bits per heavy atom. The molecule has 5 nitrogen and oxygen atoms in total. The largest absolute Gasteiger partial charge is 0.339 e. The van der Waals surface area contributed by atoms with Crippen LogP contribution in [0.25, 0.3) is 17.7 Å². The SMILES string of the molecule is O=C(/C=C/c1ccc(C=C(C(=O)N2CCCC2)c2ccc(F)cc2)cc1)NO. The van der Waals surface area contributed by atoms with Crippen LogP contribution in [-0.2, 0) is 9.59 Å². The van der Waals surface area contributed by atoms with Crippen molar-refractivity contribution in [2.75, 3.05) is 13.1 Å². The Bertz CT molecular complexity index is 896. The maximum Gasteiger partial charge on any atom is 0.267 e. The molecule has 6 heteroatoms. The van der Waals surface area contributed by atoms with Crippen LogP contribution in [0.5, 0.6) is 0 Å². The maximum atomic E-state index is 13.3. The third-order valence-electron chi connectivity index (χ3n) is 4.56. The lowest BCUT2D eigenvalue weighted by Crippen LogP contribution is -2.28.